The lowest BCUT2D eigenvalue weighted by molar-refractivity contribution is -0.117. The number of nitrogens with one attached hydrogen (secondary N) is 1. The van der Waals surface area contributed by atoms with Gasteiger partial charge >= 0.3 is 0 Å². The molecule has 0 aliphatic carbocycles. The molecule has 0 saturated carbocycles. The molecule has 0 spiro atoms. The second kappa shape index (κ2) is 3.74. The molecule has 0 aromatic heterocycles. The number of likely N-dealkylation sites (N-methyl/N-ethyl adjacent to an activating group) is 1. The van der Waals surface area contributed by atoms with Gasteiger partial charge in [0.25, 0.3) is 0 Å². The van der Waals surface area contributed by atoms with Gasteiger partial charge in [0.05, 0.1) is 17.9 Å². The number of hydrogen-bond donors (Lipinski definition) is 1. The molecular weight excluding hydrogens is 212 g/mol. The molecule has 4 heteroatoms. The van der Waals surface area contributed by atoms with Crippen molar-refractivity contribution >= 4 is 28.9 Å². The molecule has 0 unspecified atom stereocenters. The molecule has 3 nitrogen and oxygen atoms in total. The van der Waals surface area contributed by atoms with Crippen LogP contribution in [0.25, 0.3) is 0 Å². The van der Waals surface area contributed by atoms with Crippen LogP contribution in [0.3, 0.4) is 0 Å². The Hall–Kier alpha value is -1.22. The Labute approximate surface area is 94.0 Å². The largest absolute Gasteiger partial charge is 0.374 e. The summed E-state index contributed by atoms with van der Waals surface area (Å²) >= 11 is 6.03. The Morgan fingerprint density at radius 3 is 2.93 bits per heavy atom. The van der Waals surface area contributed by atoms with Gasteiger partial charge in [0.2, 0.25) is 5.91 Å². The van der Waals surface area contributed by atoms with Crippen LogP contribution in [-0.4, -0.2) is 19.0 Å². The van der Waals surface area contributed by atoms with Crippen molar-refractivity contribution in [1.82, 2.24) is 0 Å². The predicted octanol–water partition coefficient (Wildman–Crippen LogP) is 2.43. The lowest BCUT2D eigenvalue weighted by Crippen LogP contribution is -2.39. The molecule has 0 radical (unpaired) electrons. The first-order valence-electron chi connectivity index (χ1n) is 4.98. The molecule has 2 rings (SSSR count). The number of hydrogen-bond acceptors (Lipinski definition) is 2. The third-order valence-electron chi connectivity index (χ3n) is 2.70. The number of rotatable bonds is 1. The van der Waals surface area contributed by atoms with E-state index in [1.807, 2.05) is 26.0 Å². The molecule has 1 aromatic rings. The molecular formula is C11H13ClN2O. The summed E-state index contributed by atoms with van der Waals surface area (Å²) in [7, 11) is 0. The van der Waals surface area contributed by atoms with Crippen molar-refractivity contribution in [2.45, 2.75) is 13.8 Å². The van der Waals surface area contributed by atoms with E-state index in [0.29, 0.717) is 13.1 Å². The van der Waals surface area contributed by atoms with Crippen LogP contribution in [0.1, 0.15) is 12.5 Å². The van der Waals surface area contributed by atoms with E-state index in [9.17, 15) is 4.79 Å². The number of carbonyl (C=O) groups is 1. The van der Waals surface area contributed by atoms with E-state index in [1.54, 1.807) is 4.90 Å². The van der Waals surface area contributed by atoms with Gasteiger partial charge in [-0.1, -0.05) is 11.6 Å². The van der Waals surface area contributed by atoms with Gasteiger partial charge in [-0.2, -0.15) is 0 Å². The smallest absolute Gasteiger partial charge is 0.246 e. The molecule has 1 N–H and O–H groups in total. The van der Waals surface area contributed by atoms with Crippen LogP contribution < -0.4 is 10.2 Å². The summed E-state index contributed by atoms with van der Waals surface area (Å²) in [5.74, 6) is 0.103. The van der Waals surface area contributed by atoms with Crippen LogP contribution in [0.4, 0.5) is 11.4 Å². The maximum atomic E-state index is 11.6. The number of benzene rings is 1. The van der Waals surface area contributed by atoms with Crippen LogP contribution in [0, 0.1) is 6.92 Å². The number of fused-ring (bicyclic) bond motifs is 1. The zero-order valence-corrected chi connectivity index (χ0v) is 9.56. The highest BCUT2D eigenvalue weighted by Gasteiger charge is 2.24. The highest BCUT2D eigenvalue weighted by atomic mass is 35.5. The maximum absolute atomic E-state index is 11.6. The van der Waals surface area contributed by atoms with E-state index >= 15 is 0 Å². The van der Waals surface area contributed by atoms with Crippen LogP contribution in [-0.2, 0) is 4.79 Å². The fourth-order valence-electron chi connectivity index (χ4n) is 1.86. The van der Waals surface area contributed by atoms with Gasteiger partial charge < -0.3 is 10.2 Å². The van der Waals surface area contributed by atoms with Crippen LogP contribution in [0.5, 0.6) is 0 Å². The first kappa shape index (κ1) is 10.3. The summed E-state index contributed by atoms with van der Waals surface area (Å²) in [6.07, 6.45) is 0. The molecule has 1 amide bonds. The molecule has 1 aromatic carbocycles. The lowest BCUT2D eigenvalue weighted by atomic mass is 10.1. The quantitative estimate of drug-likeness (QED) is 0.795. The molecule has 1 aliphatic heterocycles. The van der Waals surface area contributed by atoms with Crippen molar-refractivity contribution in [3.8, 4) is 0 Å². The minimum Gasteiger partial charge on any atom is -0.374 e. The van der Waals surface area contributed by atoms with Crippen LogP contribution in [0.2, 0.25) is 5.02 Å². The lowest BCUT2D eigenvalue weighted by Gasteiger charge is -2.30. The normalized spacial score (nSPS) is 14.9. The first-order chi connectivity index (χ1) is 7.15. The van der Waals surface area contributed by atoms with Crippen molar-refractivity contribution in [3.05, 3.63) is 22.7 Å². The number of anilines is 2. The van der Waals surface area contributed by atoms with E-state index in [4.69, 9.17) is 11.6 Å². The van der Waals surface area contributed by atoms with E-state index in [2.05, 4.69) is 5.32 Å². The summed E-state index contributed by atoms with van der Waals surface area (Å²) in [5, 5.41) is 3.84. The monoisotopic (exact) mass is 224 g/mol. The fourth-order valence-corrected chi connectivity index (χ4v) is 2.02. The highest BCUT2D eigenvalue weighted by Crippen LogP contribution is 2.35. The average molecular weight is 225 g/mol. The van der Waals surface area contributed by atoms with Crippen molar-refractivity contribution in [1.29, 1.82) is 0 Å². The van der Waals surface area contributed by atoms with Crippen molar-refractivity contribution in [2.24, 2.45) is 0 Å². The van der Waals surface area contributed by atoms with Gasteiger partial charge in [-0.3, -0.25) is 4.79 Å². The van der Waals surface area contributed by atoms with E-state index in [1.165, 1.54) is 0 Å². The zero-order chi connectivity index (χ0) is 11.0. The molecule has 1 heterocycles. The molecule has 0 bridgehead atoms. The number of carbonyl (C=O) groups excluding carboxylic acids is 1. The van der Waals surface area contributed by atoms with Gasteiger partial charge in [0.15, 0.2) is 0 Å². The Balaban J connectivity index is 2.56. The first-order valence-corrected chi connectivity index (χ1v) is 5.36. The summed E-state index contributed by atoms with van der Waals surface area (Å²) in [6.45, 7) is 4.96. The Kier molecular flexibility index (Phi) is 2.57. The minimum atomic E-state index is 0.103. The summed E-state index contributed by atoms with van der Waals surface area (Å²) in [4.78, 5) is 13.4. The van der Waals surface area contributed by atoms with E-state index in [0.717, 1.165) is 22.0 Å². The second-order valence-corrected chi connectivity index (χ2v) is 3.97. The summed E-state index contributed by atoms with van der Waals surface area (Å²) in [6, 6.07) is 3.72. The van der Waals surface area contributed by atoms with Gasteiger partial charge in [0.1, 0.15) is 0 Å². The Morgan fingerprint density at radius 1 is 1.53 bits per heavy atom. The molecule has 0 atom stereocenters. The summed E-state index contributed by atoms with van der Waals surface area (Å²) in [5.41, 5.74) is 2.90. The molecule has 80 valence electrons. The molecule has 0 fully saturated rings. The fraction of sp³-hybridized carbons (Fsp3) is 0.364. The van der Waals surface area contributed by atoms with Crippen molar-refractivity contribution in [3.63, 3.8) is 0 Å². The van der Waals surface area contributed by atoms with Crippen molar-refractivity contribution < 1.29 is 4.79 Å². The zero-order valence-electron chi connectivity index (χ0n) is 8.80. The molecule has 1 aliphatic rings. The van der Waals surface area contributed by atoms with Crippen LogP contribution in [0.15, 0.2) is 12.1 Å². The van der Waals surface area contributed by atoms with Gasteiger partial charge in [-0.15, -0.1) is 0 Å². The van der Waals surface area contributed by atoms with E-state index in [-0.39, 0.29) is 5.91 Å². The number of nitrogens with zero attached hydrogens (tertiary/aromatic N) is 1. The SMILES string of the molecule is CCN1C(=O)CNc2c1ccc(Cl)c2C. The number of halogens is 1. The van der Waals surface area contributed by atoms with Crippen LogP contribution >= 0.6 is 11.6 Å². The third-order valence-corrected chi connectivity index (χ3v) is 3.11. The topological polar surface area (TPSA) is 32.3 Å². The predicted molar refractivity (Wildman–Crippen MR) is 62.7 cm³/mol. The summed E-state index contributed by atoms with van der Waals surface area (Å²) < 4.78 is 0. The van der Waals surface area contributed by atoms with E-state index < -0.39 is 0 Å². The molecule has 15 heavy (non-hydrogen) atoms. The van der Waals surface area contributed by atoms with Crippen molar-refractivity contribution in [2.75, 3.05) is 23.3 Å². The maximum Gasteiger partial charge on any atom is 0.246 e. The van der Waals surface area contributed by atoms with Gasteiger partial charge in [-0.05, 0) is 31.5 Å². The minimum absolute atomic E-state index is 0.103. The average Bonchev–Trinajstić information content (AvgIpc) is 2.23. The van der Waals surface area contributed by atoms with Gasteiger partial charge in [0, 0.05) is 11.6 Å². The standard InChI is InChI=1S/C11H13ClN2O/c1-3-14-9-5-4-8(12)7(2)11(9)13-6-10(14)15/h4-5,13H,3,6H2,1-2H3. The highest BCUT2D eigenvalue weighted by molar-refractivity contribution is 6.32. The number of amides is 1. The second-order valence-electron chi connectivity index (χ2n) is 3.56. The Bertz CT molecular complexity index is 417. The Morgan fingerprint density at radius 2 is 2.27 bits per heavy atom. The molecule has 0 saturated heterocycles. The van der Waals surface area contributed by atoms with Gasteiger partial charge in [-0.25, -0.2) is 0 Å². The third kappa shape index (κ3) is 1.57.